The smallest absolute Gasteiger partial charge is 0.333 e. The number of H-pyrrole nitrogens is 1. The Kier molecular flexibility index (Phi) is 2.68. The third-order valence-corrected chi connectivity index (χ3v) is 3.29. The summed E-state index contributed by atoms with van der Waals surface area (Å²) in [5, 5.41) is 0. The van der Waals surface area contributed by atoms with Gasteiger partial charge < -0.3 is 10.7 Å². The number of fused-ring (bicyclic) bond motifs is 1. The highest BCUT2D eigenvalue weighted by molar-refractivity contribution is 6.02. The first-order chi connectivity index (χ1) is 9.58. The molecule has 0 bridgehead atoms. The maximum atomic E-state index is 12.6. The number of benzene rings is 2. The second-order valence-electron chi connectivity index (χ2n) is 4.66. The fourth-order valence-corrected chi connectivity index (χ4v) is 2.25. The van der Waals surface area contributed by atoms with Gasteiger partial charge in [-0.1, -0.05) is 18.2 Å². The summed E-state index contributed by atoms with van der Waals surface area (Å²) in [6.45, 7) is 1.83. The van der Waals surface area contributed by atoms with E-state index in [1.807, 2.05) is 19.1 Å². The highest BCUT2D eigenvalue weighted by Gasteiger charge is 2.17. The zero-order chi connectivity index (χ0) is 14.3. The summed E-state index contributed by atoms with van der Waals surface area (Å²) in [5.41, 5.74) is 8.17. The number of anilines is 1. The predicted octanol–water partition coefficient (Wildman–Crippen LogP) is 1.91. The van der Waals surface area contributed by atoms with E-state index in [0.29, 0.717) is 22.3 Å². The molecule has 1 heterocycles. The Morgan fingerprint density at radius 2 is 1.95 bits per heavy atom. The first-order valence-electron chi connectivity index (χ1n) is 6.18. The molecule has 0 aliphatic rings. The number of imidazole rings is 1. The molecular formula is C15H13N3O2. The summed E-state index contributed by atoms with van der Waals surface area (Å²) in [6.07, 6.45) is 0. The van der Waals surface area contributed by atoms with Crippen LogP contribution in [-0.2, 0) is 0 Å². The molecule has 0 spiro atoms. The second kappa shape index (κ2) is 4.38. The fourth-order valence-electron chi connectivity index (χ4n) is 2.25. The maximum Gasteiger partial charge on any atom is 0.333 e. The van der Waals surface area contributed by atoms with Crippen LogP contribution in [0.2, 0.25) is 0 Å². The monoisotopic (exact) mass is 267 g/mol. The van der Waals surface area contributed by atoms with Crippen LogP contribution in [0.4, 0.5) is 5.69 Å². The molecule has 0 radical (unpaired) electrons. The number of hydrogen-bond donors (Lipinski definition) is 2. The normalized spacial score (nSPS) is 10.8. The molecule has 3 rings (SSSR count). The third kappa shape index (κ3) is 1.80. The summed E-state index contributed by atoms with van der Waals surface area (Å²) in [6, 6.07) is 12.1. The second-order valence-corrected chi connectivity index (χ2v) is 4.66. The number of nitrogens with zero attached hydrogens (tertiary/aromatic N) is 1. The minimum atomic E-state index is -0.459. The van der Waals surface area contributed by atoms with Crippen molar-refractivity contribution in [2.24, 2.45) is 0 Å². The molecule has 3 aromatic rings. The lowest BCUT2D eigenvalue weighted by Gasteiger charge is -2.05. The van der Waals surface area contributed by atoms with Crippen LogP contribution >= 0.6 is 0 Å². The SMILES string of the molecule is Cc1ccccc1C(=O)n1c(=O)[nH]c2ccc(N)cc21. The van der Waals surface area contributed by atoms with Crippen molar-refractivity contribution in [1.29, 1.82) is 0 Å². The van der Waals surface area contributed by atoms with Crippen molar-refractivity contribution < 1.29 is 4.79 Å². The highest BCUT2D eigenvalue weighted by Crippen LogP contribution is 2.16. The topological polar surface area (TPSA) is 80.9 Å². The molecule has 100 valence electrons. The van der Waals surface area contributed by atoms with Crippen molar-refractivity contribution in [1.82, 2.24) is 9.55 Å². The molecule has 3 N–H and O–H groups in total. The lowest BCUT2D eigenvalue weighted by Crippen LogP contribution is -2.25. The van der Waals surface area contributed by atoms with Crippen LogP contribution in [0.3, 0.4) is 0 Å². The van der Waals surface area contributed by atoms with E-state index < -0.39 is 5.69 Å². The summed E-state index contributed by atoms with van der Waals surface area (Å²) in [4.78, 5) is 27.3. The number of nitrogens with one attached hydrogen (secondary N) is 1. The van der Waals surface area contributed by atoms with Gasteiger partial charge in [-0.15, -0.1) is 0 Å². The molecule has 5 nitrogen and oxygen atoms in total. The van der Waals surface area contributed by atoms with Gasteiger partial charge in [0.25, 0.3) is 5.91 Å². The molecule has 0 fully saturated rings. The van der Waals surface area contributed by atoms with Crippen molar-refractivity contribution in [3.05, 3.63) is 64.1 Å². The maximum absolute atomic E-state index is 12.6. The Balaban J connectivity index is 2.27. The summed E-state index contributed by atoms with van der Waals surface area (Å²) < 4.78 is 1.12. The molecule has 2 aromatic carbocycles. The number of nitrogens with two attached hydrogens (primary N) is 1. The summed E-state index contributed by atoms with van der Waals surface area (Å²) in [7, 11) is 0. The molecule has 0 atom stereocenters. The van der Waals surface area contributed by atoms with Gasteiger partial charge in [0.2, 0.25) is 0 Å². The van der Waals surface area contributed by atoms with E-state index in [-0.39, 0.29) is 5.91 Å². The minimum Gasteiger partial charge on any atom is -0.399 e. The molecule has 0 amide bonds. The third-order valence-electron chi connectivity index (χ3n) is 3.29. The fraction of sp³-hybridized carbons (Fsp3) is 0.0667. The molecular weight excluding hydrogens is 254 g/mol. The van der Waals surface area contributed by atoms with Gasteiger partial charge in [0.15, 0.2) is 0 Å². The Hall–Kier alpha value is -2.82. The van der Waals surface area contributed by atoms with Crippen LogP contribution in [0.25, 0.3) is 11.0 Å². The van der Waals surface area contributed by atoms with Crippen molar-refractivity contribution in [2.75, 3.05) is 5.73 Å². The van der Waals surface area contributed by atoms with Crippen LogP contribution < -0.4 is 11.4 Å². The zero-order valence-corrected chi connectivity index (χ0v) is 10.9. The lowest BCUT2D eigenvalue weighted by atomic mass is 10.1. The number of rotatable bonds is 1. The number of aromatic nitrogens is 2. The molecule has 0 aliphatic carbocycles. The van der Waals surface area contributed by atoms with Crippen LogP contribution in [0, 0.1) is 6.92 Å². The summed E-state index contributed by atoms with van der Waals surface area (Å²) >= 11 is 0. The quantitative estimate of drug-likeness (QED) is 0.661. The first-order valence-corrected chi connectivity index (χ1v) is 6.18. The van der Waals surface area contributed by atoms with Crippen molar-refractivity contribution in [2.45, 2.75) is 6.92 Å². The van der Waals surface area contributed by atoms with E-state index in [2.05, 4.69) is 4.98 Å². The van der Waals surface area contributed by atoms with E-state index in [1.165, 1.54) is 0 Å². The Morgan fingerprint density at radius 3 is 2.70 bits per heavy atom. The average Bonchev–Trinajstić information content (AvgIpc) is 2.74. The average molecular weight is 267 g/mol. The van der Waals surface area contributed by atoms with E-state index in [4.69, 9.17) is 5.73 Å². The van der Waals surface area contributed by atoms with Crippen molar-refractivity contribution >= 4 is 22.6 Å². The van der Waals surface area contributed by atoms with E-state index in [0.717, 1.165) is 10.1 Å². The van der Waals surface area contributed by atoms with E-state index >= 15 is 0 Å². The first kappa shape index (κ1) is 12.2. The van der Waals surface area contributed by atoms with Crippen LogP contribution in [0.15, 0.2) is 47.3 Å². The lowest BCUT2D eigenvalue weighted by molar-refractivity contribution is 0.0960. The van der Waals surface area contributed by atoms with E-state index in [9.17, 15) is 9.59 Å². The van der Waals surface area contributed by atoms with Crippen LogP contribution in [0.1, 0.15) is 15.9 Å². The van der Waals surface area contributed by atoms with Gasteiger partial charge in [-0.25, -0.2) is 9.36 Å². The summed E-state index contributed by atoms with van der Waals surface area (Å²) in [5.74, 6) is -0.357. The molecule has 5 heteroatoms. The largest absolute Gasteiger partial charge is 0.399 e. The van der Waals surface area contributed by atoms with Gasteiger partial charge in [0, 0.05) is 11.3 Å². The Labute approximate surface area is 114 Å². The number of aryl methyl sites for hydroxylation is 1. The van der Waals surface area contributed by atoms with Crippen molar-refractivity contribution in [3.63, 3.8) is 0 Å². The molecule has 0 unspecified atom stereocenters. The molecule has 0 saturated heterocycles. The van der Waals surface area contributed by atoms with Gasteiger partial charge in [0.1, 0.15) is 0 Å². The van der Waals surface area contributed by atoms with Gasteiger partial charge in [-0.2, -0.15) is 0 Å². The van der Waals surface area contributed by atoms with Gasteiger partial charge in [0.05, 0.1) is 11.0 Å². The van der Waals surface area contributed by atoms with Crippen LogP contribution in [-0.4, -0.2) is 15.5 Å². The predicted molar refractivity (Wildman–Crippen MR) is 77.9 cm³/mol. The van der Waals surface area contributed by atoms with Gasteiger partial charge >= 0.3 is 5.69 Å². The molecule has 0 saturated carbocycles. The van der Waals surface area contributed by atoms with E-state index in [1.54, 1.807) is 30.3 Å². The highest BCUT2D eigenvalue weighted by atomic mass is 16.2. The van der Waals surface area contributed by atoms with Crippen LogP contribution in [0.5, 0.6) is 0 Å². The molecule has 0 aliphatic heterocycles. The Morgan fingerprint density at radius 1 is 1.20 bits per heavy atom. The molecule has 1 aromatic heterocycles. The number of nitrogen functional groups attached to an aromatic ring is 1. The van der Waals surface area contributed by atoms with Gasteiger partial charge in [-0.3, -0.25) is 4.79 Å². The number of carbonyl (C=O) groups excluding carboxylic acids is 1. The Bertz CT molecular complexity index is 874. The van der Waals surface area contributed by atoms with Crippen molar-refractivity contribution in [3.8, 4) is 0 Å². The number of carbonyl (C=O) groups is 1. The number of aromatic amines is 1. The number of hydrogen-bond acceptors (Lipinski definition) is 3. The zero-order valence-electron chi connectivity index (χ0n) is 10.9. The van der Waals surface area contributed by atoms with Gasteiger partial charge in [-0.05, 0) is 36.8 Å². The standard InChI is InChI=1S/C15H13N3O2/c1-9-4-2-3-5-11(9)14(19)18-13-8-10(16)6-7-12(13)17-15(18)20/h2-8H,16H2,1H3,(H,17,20). The molecule has 20 heavy (non-hydrogen) atoms. The minimum absolute atomic E-state index is 0.357.